The van der Waals surface area contributed by atoms with E-state index >= 15 is 0 Å². The number of primary amides is 1. The highest BCUT2D eigenvalue weighted by atomic mass is 35.5. The summed E-state index contributed by atoms with van der Waals surface area (Å²) in [6.07, 6.45) is 1.48. The largest absolute Gasteiger partial charge is 0.465 e. The molecular formula is C28H32Cl2N8O5. The molecule has 2 fully saturated rings. The van der Waals surface area contributed by atoms with Crippen molar-refractivity contribution in [3.8, 4) is 22.9 Å². The molecule has 0 atom stereocenters. The van der Waals surface area contributed by atoms with Gasteiger partial charge in [-0.1, -0.05) is 23.2 Å². The Kier molecular flexibility index (Phi) is 9.97. The summed E-state index contributed by atoms with van der Waals surface area (Å²) in [5.41, 5.74) is 7.47. The van der Waals surface area contributed by atoms with Crippen molar-refractivity contribution in [2.24, 2.45) is 5.73 Å². The van der Waals surface area contributed by atoms with Crippen LogP contribution in [0.3, 0.4) is 0 Å². The molecule has 5 rings (SSSR count). The molecular weight excluding hydrogens is 599 g/mol. The minimum atomic E-state index is -0.923. The number of amides is 2. The molecule has 3 N–H and O–H groups in total. The number of hydrogen-bond donors (Lipinski definition) is 2. The first-order chi connectivity index (χ1) is 20.7. The second kappa shape index (κ2) is 14.0. The maximum absolute atomic E-state index is 11.2. The maximum atomic E-state index is 11.2. The Labute approximate surface area is 258 Å². The Bertz CT molecular complexity index is 1410. The van der Waals surface area contributed by atoms with E-state index in [1.54, 1.807) is 30.6 Å². The first-order valence-electron chi connectivity index (χ1n) is 13.8. The molecule has 2 saturated heterocycles. The van der Waals surface area contributed by atoms with Gasteiger partial charge in [0.15, 0.2) is 5.75 Å². The fraction of sp³-hybridized carbons (Fsp3) is 0.393. The monoisotopic (exact) mass is 630 g/mol. The summed E-state index contributed by atoms with van der Waals surface area (Å²) in [5.74, 6) is 1.30. The van der Waals surface area contributed by atoms with Crippen LogP contribution in [-0.4, -0.2) is 112 Å². The van der Waals surface area contributed by atoms with Crippen molar-refractivity contribution in [2.75, 3.05) is 70.4 Å². The van der Waals surface area contributed by atoms with E-state index in [1.165, 1.54) is 4.90 Å². The van der Waals surface area contributed by atoms with Crippen LogP contribution in [0, 0.1) is 0 Å². The van der Waals surface area contributed by atoms with Gasteiger partial charge >= 0.3 is 12.2 Å². The number of pyridine rings is 1. The summed E-state index contributed by atoms with van der Waals surface area (Å²) in [6.45, 7) is 6.74. The quantitative estimate of drug-likeness (QED) is 0.356. The van der Waals surface area contributed by atoms with E-state index in [0.29, 0.717) is 72.6 Å². The summed E-state index contributed by atoms with van der Waals surface area (Å²) < 4.78 is 11.0. The van der Waals surface area contributed by atoms with E-state index in [1.807, 2.05) is 17.0 Å². The van der Waals surface area contributed by atoms with Gasteiger partial charge in [0.1, 0.15) is 6.61 Å². The molecule has 3 aromatic rings. The third-order valence-corrected chi connectivity index (χ3v) is 7.65. The van der Waals surface area contributed by atoms with Gasteiger partial charge in [-0.05, 0) is 29.8 Å². The molecule has 0 bridgehead atoms. The Morgan fingerprint density at radius 3 is 2.16 bits per heavy atom. The summed E-state index contributed by atoms with van der Waals surface area (Å²) >= 11 is 12.6. The summed E-state index contributed by atoms with van der Waals surface area (Å²) in [5, 5.41) is 10.2. The SMILES string of the molecule is NC(=O)OCCN1CCN(Cc2cc(Oc3cnc(N4CCN(C(=O)O)CC4)nc3)nc(-c3cc(Cl)cc(Cl)c3)c2)CC1. The standard InChI is InChI=1S/C28H32Cl2N8O5/c29-21-13-20(14-22(30)15-21)24-11-19(18-36-3-1-35(2-4-36)9-10-42-26(31)39)12-25(34-24)43-23-16-32-27(33-17-23)37-5-7-38(8-6-37)28(40)41/h11-17H,1-10,18H2,(H2,31,39)(H,40,41). The van der Waals surface area contributed by atoms with E-state index < -0.39 is 12.2 Å². The van der Waals surface area contributed by atoms with Crippen molar-refractivity contribution in [2.45, 2.75) is 6.54 Å². The molecule has 2 aliphatic heterocycles. The molecule has 4 heterocycles. The van der Waals surface area contributed by atoms with E-state index in [4.69, 9.17) is 43.4 Å². The molecule has 0 saturated carbocycles. The number of carboxylic acid groups (broad SMARTS) is 1. The van der Waals surface area contributed by atoms with Crippen LogP contribution in [0.2, 0.25) is 10.0 Å². The Morgan fingerprint density at radius 1 is 0.884 bits per heavy atom. The van der Waals surface area contributed by atoms with Crippen molar-refractivity contribution < 1.29 is 24.2 Å². The number of hydrogen-bond acceptors (Lipinski definition) is 10. The number of ether oxygens (including phenoxy) is 2. The normalized spacial score (nSPS) is 16.2. The van der Waals surface area contributed by atoms with Crippen molar-refractivity contribution in [1.82, 2.24) is 29.7 Å². The van der Waals surface area contributed by atoms with Crippen molar-refractivity contribution in [3.05, 3.63) is 58.3 Å². The Hall–Kier alpha value is -3.91. The number of nitrogens with zero attached hydrogens (tertiary/aromatic N) is 7. The van der Waals surface area contributed by atoms with Gasteiger partial charge < -0.3 is 30.1 Å². The van der Waals surface area contributed by atoms with Crippen LogP contribution < -0.4 is 15.4 Å². The number of carbonyl (C=O) groups excluding carboxylic acids is 1. The predicted octanol–water partition coefficient (Wildman–Crippen LogP) is 3.65. The van der Waals surface area contributed by atoms with Crippen molar-refractivity contribution >= 4 is 41.3 Å². The first kappa shape index (κ1) is 30.5. The van der Waals surface area contributed by atoms with Crippen LogP contribution in [0.1, 0.15) is 5.56 Å². The molecule has 0 aliphatic carbocycles. The lowest BCUT2D eigenvalue weighted by atomic mass is 10.1. The average Bonchev–Trinajstić information content (AvgIpc) is 2.98. The zero-order valence-corrected chi connectivity index (χ0v) is 24.9. The van der Waals surface area contributed by atoms with E-state index in [9.17, 15) is 14.7 Å². The Morgan fingerprint density at radius 2 is 1.53 bits per heavy atom. The van der Waals surface area contributed by atoms with Gasteiger partial charge in [0.05, 0.1) is 18.1 Å². The summed E-state index contributed by atoms with van der Waals surface area (Å²) in [4.78, 5) is 43.5. The number of halogens is 2. The van der Waals surface area contributed by atoms with Gasteiger partial charge in [-0.25, -0.2) is 24.5 Å². The number of aromatic nitrogens is 3. The van der Waals surface area contributed by atoms with Crippen LogP contribution >= 0.6 is 23.2 Å². The molecule has 43 heavy (non-hydrogen) atoms. The minimum absolute atomic E-state index is 0.276. The van der Waals surface area contributed by atoms with Gasteiger partial charge in [0.2, 0.25) is 11.8 Å². The van der Waals surface area contributed by atoms with E-state index in [0.717, 1.165) is 37.3 Å². The van der Waals surface area contributed by atoms with Gasteiger partial charge in [0.25, 0.3) is 0 Å². The molecule has 15 heteroatoms. The third kappa shape index (κ3) is 8.57. The van der Waals surface area contributed by atoms with Gasteiger partial charge in [0, 0.05) is 87.1 Å². The van der Waals surface area contributed by atoms with E-state index in [2.05, 4.69) is 19.8 Å². The zero-order valence-electron chi connectivity index (χ0n) is 23.4. The summed E-state index contributed by atoms with van der Waals surface area (Å²) in [7, 11) is 0. The third-order valence-electron chi connectivity index (χ3n) is 7.21. The number of rotatable bonds is 9. The molecule has 0 unspecified atom stereocenters. The smallest absolute Gasteiger partial charge is 0.407 e. The number of benzene rings is 1. The minimum Gasteiger partial charge on any atom is -0.465 e. The van der Waals surface area contributed by atoms with Crippen molar-refractivity contribution in [1.29, 1.82) is 0 Å². The number of anilines is 1. The second-order valence-corrected chi connectivity index (χ2v) is 11.1. The number of nitrogens with two attached hydrogens (primary N) is 1. The van der Waals surface area contributed by atoms with Gasteiger partial charge in [-0.2, -0.15) is 0 Å². The topological polar surface area (TPSA) is 150 Å². The molecule has 2 amide bonds. The fourth-order valence-corrected chi connectivity index (χ4v) is 5.53. The maximum Gasteiger partial charge on any atom is 0.407 e. The summed E-state index contributed by atoms with van der Waals surface area (Å²) in [6, 6.07) is 9.17. The zero-order chi connectivity index (χ0) is 30.3. The van der Waals surface area contributed by atoms with E-state index in [-0.39, 0.29) is 6.61 Å². The van der Waals surface area contributed by atoms with Crippen LogP contribution in [0.4, 0.5) is 15.5 Å². The van der Waals surface area contributed by atoms with Crippen LogP contribution in [0.25, 0.3) is 11.3 Å². The molecule has 0 spiro atoms. The van der Waals surface area contributed by atoms with Crippen LogP contribution in [0.5, 0.6) is 11.6 Å². The predicted molar refractivity (Wildman–Crippen MR) is 161 cm³/mol. The molecule has 13 nitrogen and oxygen atoms in total. The fourth-order valence-electron chi connectivity index (χ4n) is 5.00. The first-order valence-corrected chi connectivity index (χ1v) is 14.5. The van der Waals surface area contributed by atoms with Crippen LogP contribution in [-0.2, 0) is 11.3 Å². The molecule has 228 valence electrons. The number of piperazine rings is 2. The molecule has 2 aromatic heterocycles. The highest BCUT2D eigenvalue weighted by Gasteiger charge is 2.22. The molecule has 2 aliphatic rings. The lowest BCUT2D eigenvalue weighted by molar-refractivity contribution is 0.0960. The van der Waals surface area contributed by atoms with Crippen LogP contribution in [0.15, 0.2) is 42.7 Å². The molecule has 1 aromatic carbocycles. The number of carbonyl (C=O) groups is 2. The lowest BCUT2D eigenvalue weighted by Crippen LogP contribution is -2.48. The lowest BCUT2D eigenvalue weighted by Gasteiger charge is -2.34. The van der Waals surface area contributed by atoms with Gasteiger partial charge in [-0.15, -0.1) is 0 Å². The Balaban J connectivity index is 1.29. The highest BCUT2D eigenvalue weighted by Crippen LogP contribution is 2.30. The molecule has 0 radical (unpaired) electrons. The van der Waals surface area contributed by atoms with Crippen molar-refractivity contribution in [3.63, 3.8) is 0 Å². The highest BCUT2D eigenvalue weighted by molar-refractivity contribution is 6.35. The second-order valence-electron chi connectivity index (χ2n) is 10.2. The average molecular weight is 632 g/mol. The van der Waals surface area contributed by atoms with Gasteiger partial charge in [-0.3, -0.25) is 9.80 Å².